The van der Waals surface area contributed by atoms with E-state index in [1.54, 1.807) is 6.21 Å². The van der Waals surface area contributed by atoms with Crippen LogP contribution in [0.5, 0.6) is 0 Å². The topological polar surface area (TPSA) is 21.6 Å². The number of halogens is 1. The molecule has 4 heteroatoms. The van der Waals surface area contributed by atoms with Gasteiger partial charge in [-0.25, -0.2) is 4.99 Å². The maximum absolute atomic E-state index is 5.63. The van der Waals surface area contributed by atoms with Gasteiger partial charge in [0.05, 0.1) is 0 Å². The molecule has 0 amide bonds. The lowest BCUT2D eigenvalue weighted by Gasteiger charge is -2.17. The van der Waals surface area contributed by atoms with Crippen LogP contribution < -0.4 is 0 Å². The SMILES string of the molecule is C=C(/N=C/c1cccc(I)c1)O[Si](C)(C)C. The van der Waals surface area contributed by atoms with Gasteiger partial charge in [-0.15, -0.1) is 0 Å². The Morgan fingerprint density at radius 3 is 2.69 bits per heavy atom. The average Bonchev–Trinajstić information content (AvgIpc) is 2.12. The second-order valence-electron chi connectivity index (χ2n) is 4.42. The van der Waals surface area contributed by atoms with E-state index in [0.717, 1.165) is 5.56 Å². The average molecular weight is 345 g/mol. The van der Waals surface area contributed by atoms with Gasteiger partial charge in [-0.05, 0) is 66.5 Å². The first kappa shape index (κ1) is 13.4. The van der Waals surface area contributed by atoms with Crippen LogP contribution in [-0.4, -0.2) is 14.5 Å². The minimum absolute atomic E-state index is 0.498. The van der Waals surface area contributed by atoms with Gasteiger partial charge >= 0.3 is 0 Å². The molecule has 0 aliphatic carbocycles. The monoisotopic (exact) mass is 345 g/mol. The molecule has 0 saturated heterocycles. The van der Waals surface area contributed by atoms with E-state index in [0.29, 0.717) is 5.88 Å². The molecule has 0 aliphatic rings. The second kappa shape index (κ2) is 5.63. The highest BCUT2D eigenvalue weighted by molar-refractivity contribution is 14.1. The van der Waals surface area contributed by atoms with Crippen LogP contribution in [-0.2, 0) is 4.43 Å². The molecular weight excluding hydrogens is 329 g/mol. The Morgan fingerprint density at radius 2 is 2.12 bits per heavy atom. The molecule has 0 atom stereocenters. The first-order chi connectivity index (χ1) is 7.37. The molecule has 0 radical (unpaired) electrons. The third-order valence-electron chi connectivity index (χ3n) is 1.63. The van der Waals surface area contributed by atoms with E-state index < -0.39 is 8.32 Å². The standard InChI is InChI=1S/C12H16INOSi/c1-10(15-16(2,3)4)14-9-11-6-5-7-12(13)8-11/h5-9H,1H2,2-4H3/b14-9+. The fraction of sp³-hybridized carbons (Fsp3) is 0.250. The molecular formula is C12H16INOSi. The Morgan fingerprint density at radius 1 is 1.44 bits per heavy atom. The number of nitrogens with zero attached hydrogens (tertiary/aromatic N) is 1. The van der Waals surface area contributed by atoms with Gasteiger partial charge in [-0.1, -0.05) is 12.1 Å². The maximum atomic E-state index is 5.63. The predicted octanol–water partition coefficient (Wildman–Crippen LogP) is 4.03. The molecule has 0 bridgehead atoms. The Hall–Kier alpha value is -0.623. The molecule has 1 aromatic rings. The van der Waals surface area contributed by atoms with E-state index in [-0.39, 0.29) is 0 Å². The summed E-state index contributed by atoms with van der Waals surface area (Å²) >= 11 is 2.28. The first-order valence-corrected chi connectivity index (χ1v) is 9.53. The Bertz CT molecular complexity index is 410. The van der Waals surface area contributed by atoms with Crippen LogP contribution in [0.15, 0.2) is 41.7 Å². The van der Waals surface area contributed by atoms with Crippen molar-refractivity contribution in [1.82, 2.24) is 0 Å². The number of rotatable bonds is 4. The van der Waals surface area contributed by atoms with Crippen molar-refractivity contribution >= 4 is 37.1 Å². The second-order valence-corrected chi connectivity index (χ2v) is 10.1. The van der Waals surface area contributed by atoms with Gasteiger partial charge in [0.25, 0.3) is 0 Å². The summed E-state index contributed by atoms with van der Waals surface area (Å²) in [5.74, 6) is 0.498. The van der Waals surface area contributed by atoms with Gasteiger partial charge in [-0.2, -0.15) is 0 Å². The largest absolute Gasteiger partial charge is 0.532 e. The summed E-state index contributed by atoms with van der Waals surface area (Å²) in [7, 11) is -1.58. The molecule has 0 aromatic heterocycles. The van der Waals surface area contributed by atoms with Crippen LogP contribution in [0, 0.1) is 3.57 Å². The minimum atomic E-state index is -1.58. The maximum Gasteiger partial charge on any atom is 0.244 e. The minimum Gasteiger partial charge on any atom is -0.532 e. The molecule has 0 heterocycles. The van der Waals surface area contributed by atoms with Crippen molar-refractivity contribution in [3.05, 3.63) is 45.9 Å². The molecule has 1 aromatic carbocycles. The van der Waals surface area contributed by atoms with Crippen LogP contribution in [0.2, 0.25) is 19.6 Å². The number of hydrogen-bond donors (Lipinski definition) is 0. The van der Waals surface area contributed by atoms with Crippen molar-refractivity contribution in [2.24, 2.45) is 4.99 Å². The third kappa shape index (κ3) is 5.46. The summed E-state index contributed by atoms with van der Waals surface area (Å²) in [4.78, 5) is 4.21. The molecule has 0 saturated carbocycles. The van der Waals surface area contributed by atoms with Gasteiger partial charge < -0.3 is 4.43 Å². The molecule has 1 rings (SSSR count). The number of hydrogen-bond acceptors (Lipinski definition) is 2. The highest BCUT2D eigenvalue weighted by atomic mass is 127. The first-order valence-electron chi connectivity index (χ1n) is 5.04. The van der Waals surface area contributed by atoms with Crippen LogP contribution in [0.25, 0.3) is 0 Å². The molecule has 0 spiro atoms. The van der Waals surface area contributed by atoms with Crippen molar-refractivity contribution < 1.29 is 4.43 Å². The van der Waals surface area contributed by atoms with E-state index >= 15 is 0 Å². The number of aliphatic imine (C=N–C) groups is 1. The smallest absolute Gasteiger partial charge is 0.244 e. The third-order valence-corrected chi connectivity index (χ3v) is 3.15. The Kier molecular flexibility index (Phi) is 4.73. The van der Waals surface area contributed by atoms with Crippen molar-refractivity contribution in [3.63, 3.8) is 0 Å². The molecule has 2 nitrogen and oxygen atoms in total. The summed E-state index contributed by atoms with van der Waals surface area (Å²) in [6.07, 6.45) is 1.78. The van der Waals surface area contributed by atoms with E-state index in [2.05, 4.69) is 59.9 Å². The Labute approximate surface area is 112 Å². The van der Waals surface area contributed by atoms with E-state index in [1.165, 1.54) is 3.57 Å². The fourth-order valence-corrected chi connectivity index (χ4v) is 2.44. The summed E-state index contributed by atoms with van der Waals surface area (Å²) in [5.41, 5.74) is 1.06. The highest BCUT2D eigenvalue weighted by Crippen LogP contribution is 2.10. The zero-order chi connectivity index (χ0) is 12.2. The van der Waals surface area contributed by atoms with E-state index in [1.807, 2.05) is 18.2 Å². The molecule has 0 aliphatic heterocycles. The molecule has 86 valence electrons. The lowest BCUT2D eigenvalue weighted by Crippen LogP contribution is -2.24. The van der Waals surface area contributed by atoms with Crippen molar-refractivity contribution in [3.8, 4) is 0 Å². The quantitative estimate of drug-likeness (QED) is 0.349. The van der Waals surface area contributed by atoms with Gasteiger partial charge in [0.15, 0.2) is 5.88 Å². The normalized spacial score (nSPS) is 11.8. The zero-order valence-corrected chi connectivity index (χ0v) is 13.0. The summed E-state index contributed by atoms with van der Waals surface area (Å²) in [6, 6.07) is 8.12. The molecule has 16 heavy (non-hydrogen) atoms. The zero-order valence-electron chi connectivity index (χ0n) is 9.83. The van der Waals surface area contributed by atoms with Crippen molar-refractivity contribution in [1.29, 1.82) is 0 Å². The van der Waals surface area contributed by atoms with Gasteiger partial charge in [0.1, 0.15) is 0 Å². The van der Waals surface area contributed by atoms with E-state index in [4.69, 9.17) is 4.43 Å². The number of benzene rings is 1. The fourth-order valence-electron chi connectivity index (χ4n) is 1.11. The lowest BCUT2D eigenvalue weighted by atomic mass is 10.2. The van der Waals surface area contributed by atoms with Crippen molar-refractivity contribution in [2.45, 2.75) is 19.6 Å². The van der Waals surface area contributed by atoms with Gasteiger partial charge in [-0.3, -0.25) is 0 Å². The summed E-state index contributed by atoms with van der Waals surface area (Å²) < 4.78 is 6.83. The predicted molar refractivity (Wildman–Crippen MR) is 80.3 cm³/mol. The Balaban J connectivity index is 2.64. The highest BCUT2D eigenvalue weighted by Gasteiger charge is 2.16. The van der Waals surface area contributed by atoms with Crippen LogP contribution in [0.4, 0.5) is 0 Å². The van der Waals surface area contributed by atoms with Gasteiger partial charge in [0.2, 0.25) is 8.32 Å². The summed E-state index contributed by atoms with van der Waals surface area (Å²) in [6.45, 7) is 10.1. The summed E-state index contributed by atoms with van der Waals surface area (Å²) in [5, 5.41) is 0. The molecule has 0 unspecified atom stereocenters. The molecule has 0 fully saturated rings. The van der Waals surface area contributed by atoms with Crippen molar-refractivity contribution in [2.75, 3.05) is 0 Å². The van der Waals surface area contributed by atoms with Crippen LogP contribution in [0.1, 0.15) is 5.56 Å². The van der Waals surface area contributed by atoms with Crippen LogP contribution in [0.3, 0.4) is 0 Å². The van der Waals surface area contributed by atoms with Gasteiger partial charge in [0, 0.05) is 9.78 Å². The lowest BCUT2D eigenvalue weighted by molar-refractivity contribution is 0.421. The van der Waals surface area contributed by atoms with E-state index in [9.17, 15) is 0 Å². The van der Waals surface area contributed by atoms with Crippen LogP contribution >= 0.6 is 22.6 Å². The molecule has 0 N–H and O–H groups in total.